The highest BCUT2D eigenvalue weighted by Gasteiger charge is 2.11. The molecule has 134 valence electrons. The second kappa shape index (κ2) is 8.73. The number of thioether (sulfide) groups is 1. The normalized spacial score (nSPS) is 10.4. The van der Waals surface area contributed by atoms with Crippen molar-refractivity contribution in [3.63, 3.8) is 0 Å². The summed E-state index contributed by atoms with van der Waals surface area (Å²) in [6, 6.07) is 15.3. The average Bonchev–Trinajstić information content (AvgIpc) is 3.13. The molecule has 0 radical (unpaired) electrons. The molecule has 0 atom stereocenters. The highest BCUT2D eigenvalue weighted by atomic mass is 32.2. The van der Waals surface area contributed by atoms with Crippen molar-refractivity contribution in [2.45, 2.75) is 11.8 Å². The van der Waals surface area contributed by atoms with Crippen LogP contribution in [0.2, 0.25) is 0 Å². The smallest absolute Gasteiger partial charge is 0.275 e. The fourth-order valence-electron chi connectivity index (χ4n) is 2.23. The van der Waals surface area contributed by atoms with Crippen LogP contribution in [-0.2, 0) is 0 Å². The third-order valence-electron chi connectivity index (χ3n) is 3.50. The van der Waals surface area contributed by atoms with Gasteiger partial charge in [-0.3, -0.25) is 4.79 Å². The van der Waals surface area contributed by atoms with E-state index in [0.717, 1.165) is 22.0 Å². The molecule has 0 fully saturated rings. The molecule has 1 amide bonds. The summed E-state index contributed by atoms with van der Waals surface area (Å²) >= 11 is 3.05. The van der Waals surface area contributed by atoms with Crippen LogP contribution in [0.5, 0.6) is 5.75 Å². The molecule has 0 aliphatic heterocycles. The molecule has 0 spiro atoms. The lowest BCUT2D eigenvalue weighted by atomic mass is 10.3. The maximum atomic E-state index is 12.3. The number of anilines is 3. The molecule has 26 heavy (non-hydrogen) atoms. The van der Waals surface area contributed by atoms with Crippen molar-refractivity contribution in [2.75, 3.05) is 23.5 Å². The molecule has 3 aromatic rings. The van der Waals surface area contributed by atoms with E-state index in [1.54, 1.807) is 17.1 Å². The molecule has 0 aliphatic carbocycles. The van der Waals surface area contributed by atoms with E-state index >= 15 is 0 Å². The summed E-state index contributed by atoms with van der Waals surface area (Å²) in [5.74, 6) is 0.600. The first kappa shape index (κ1) is 18.3. The van der Waals surface area contributed by atoms with Crippen LogP contribution in [0, 0.1) is 0 Å². The van der Waals surface area contributed by atoms with Gasteiger partial charge in [0.15, 0.2) is 5.13 Å². The lowest BCUT2D eigenvalue weighted by Crippen LogP contribution is -2.12. The van der Waals surface area contributed by atoms with Crippen LogP contribution in [0.25, 0.3) is 0 Å². The first-order valence-corrected chi connectivity index (χ1v) is 10.2. The molecule has 5 nitrogen and oxygen atoms in total. The van der Waals surface area contributed by atoms with Gasteiger partial charge in [0, 0.05) is 21.7 Å². The number of ether oxygens (including phenoxy) is 1. The Kier molecular flexibility index (Phi) is 6.14. The average molecular weight is 386 g/mol. The molecule has 0 saturated carbocycles. The minimum absolute atomic E-state index is 0.224. The summed E-state index contributed by atoms with van der Waals surface area (Å²) in [4.78, 5) is 17.8. The molecular weight excluding hydrogens is 366 g/mol. The number of carbonyl (C=O) groups is 1. The Labute approximate surface area is 160 Å². The Bertz CT molecular complexity index is 861. The molecule has 7 heteroatoms. The summed E-state index contributed by atoms with van der Waals surface area (Å²) in [5, 5.41) is 8.46. The Morgan fingerprint density at radius 1 is 1.12 bits per heavy atom. The van der Waals surface area contributed by atoms with Gasteiger partial charge in [-0.1, -0.05) is 0 Å². The molecule has 3 rings (SSSR count). The van der Waals surface area contributed by atoms with Crippen LogP contribution in [0.15, 0.2) is 58.8 Å². The fourth-order valence-corrected chi connectivity index (χ4v) is 3.35. The van der Waals surface area contributed by atoms with Gasteiger partial charge in [0.05, 0.1) is 6.61 Å². The van der Waals surface area contributed by atoms with Crippen molar-refractivity contribution in [1.82, 2.24) is 4.98 Å². The third kappa shape index (κ3) is 4.77. The number of rotatable bonds is 7. The number of hydrogen-bond acceptors (Lipinski definition) is 6. The molecule has 1 aromatic heterocycles. The van der Waals surface area contributed by atoms with Crippen LogP contribution in [-0.4, -0.2) is 23.8 Å². The van der Waals surface area contributed by atoms with Gasteiger partial charge < -0.3 is 15.4 Å². The number of carbonyl (C=O) groups excluding carboxylic acids is 1. The monoisotopic (exact) mass is 385 g/mol. The van der Waals surface area contributed by atoms with E-state index in [4.69, 9.17) is 4.74 Å². The van der Waals surface area contributed by atoms with E-state index < -0.39 is 0 Å². The largest absolute Gasteiger partial charge is 0.494 e. The second-order valence-corrected chi connectivity index (χ2v) is 7.04. The van der Waals surface area contributed by atoms with Crippen LogP contribution in [0.3, 0.4) is 0 Å². The Morgan fingerprint density at radius 2 is 1.81 bits per heavy atom. The van der Waals surface area contributed by atoms with Crippen LogP contribution < -0.4 is 15.4 Å². The summed E-state index contributed by atoms with van der Waals surface area (Å²) in [5.41, 5.74) is 2.03. The van der Waals surface area contributed by atoms with Gasteiger partial charge in [0.25, 0.3) is 5.91 Å². The SMILES string of the molecule is CCOc1ccc(Nc2nc(C(=O)Nc3ccc(SC)cc3)cs2)cc1. The number of hydrogen-bond donors (Lipinski definition) is 2. The summed E-state index contributed by atoms with van der Waals surface area (Å²) < 4.78 is 5.42. The number of aromatic nitrogens is 1. The van der Waals surface area contributed by atoms with Crippen molar-refractivity contribution in [1.29, 1.82) is 0 Å². The van der Waals surface area contributed by atoms with Crippen molar-refractivity contribution in [3.05, 3.63) is 59.6 Å². The zero-order valence-electron chi connectivity index (χ0n) is 14.5. The minimum Gasteiger partial charge on any atom is -0.494 e. The van der Waals surface area contributed by atoms with E-state index in [0.29, 0.717) is 17.4 Å². The summed E-state index contributed by atoms with van der Waals surface area (Å²) in [6.07, 6.45) is 2.02. The van der Waals surface area contributed by atoms with Gasteiger partial charge in [-0.2, -0.15) is 0 Å². The predicted molar refractivity (Wildman–Crippen MR) is 109 cm³/mol. The van der Waals surface area contributed by atoms with Crippen LogP contribution >= 0.6 is 23.1 Å². The van der Waals surface area contributed by atoms with Gasteiger partial charge in [-0.15, -0.1) is 23.1 Å². The lowest BCUT2D eigenvalue weighted by Gasteiger charge is -2.05. The zero-order valence-corrected chi connectivity index (χ0v) is 16.1. The first-order valence-electron chi connectivity index (χ1n) is 8.08. The molecular formula is C19H19N3O2S2. The van der Waals surface area contributed by atoms with Crippen LogP contribution in [0.4, 0.5) is 16.5 Å². The number of nitrogens with zero attached hydrogens (tertiary/aromatic N) is 1. The molecule has 1 heterocycles. The van der Waals surface area contributed by atoms with Gasteiger partial charge in [0.1, 0.15) is 11.4 Å². The Morgan fingerprint density at radius 3 is 2.46 bits per heavy atom. The zero-order chi connectivity index (χ0) is 18.4. The maximum Gasteiger partial charge on any atom is 0.275 e. The molecule has 2 N–H and O–H groups in total. The number of nitrogens with one attached hydrogen (secondary N) is 2. The number of benzene rings is 2. The van der Waals surface area contributed by atoms with Gasteiger partial charge >= 0.3 is 0 Å². The van der Waals surface area contributed by atoms with Gasteiger partial charge in [-0.25, -0.2) is 4.98 Å². The molecule has 0 aliphatic rings. The molecule has 0 unspecified atom stereocenters. The van der Waals surface area contributed by atoms with Gasteiger partial charge in [0.2, 0.25) is 0 Å². The van der Waals surface area contributed by atoms with E-state index in [1.165, 1.54) is 11.3 Å². The summed E-state index contributed by atoms with van der Waals surface area (Å²) in [7, 11) is 0. The standard InChI is InChI=1S/C19H19N3O2S2/c1-3-24-15-8-4-14(5-9-15)21-19-22-17(12-26-19)18(23)20-13-6-10-16(25-2)11-7-13/h4-12H,3H2,1-2H3,(H,20,23)(H,21,22). The quantitative estimate of drug-likeness (QED) is 0.543. The molecule has 0 saturated heterocycles. The van der Waals surface area contributed by atoms with E-state index in [-0.39, 0.29) is 5.91 Å². The predicted octanol–water partition coefficient (Wildman–Crippen LogP) is 5.26. The number of amides is 1. The highest BCUT2D eigenvalue weighted by molar-refractivity contribution is 7.98. The number of thiazole rings is 1. The first-order chi connectivity index (χ1) is 12.7. The lowest BCUT2D eigenvalue weighted by molar-refractivity contribution is 0.102. The van der Waals surface area contributed by atoms with Crippen molar-refractivity contribution < 1.29 is 9.53 Å². The minimum atomic E-state index is -0.224. The van der Waals surface area contributed by atoms with E-state index in [2.05, 4.69) is 15.6 Å². The van der Waals surface area contributed by atoms with Crippen molar-refractivity contribution >= 4 is 45.5 Å². The topological polar surface area (TPSA) is 63.2 Å². The molecule has 0 bridgehead atoms. The Hall–Kier alpha value is -2.51. The van der Waals surface area contributed by atoms with Crippen molar-refractivity contribution in [2.24, 2.45) is 0 Å². The highest BCUT2D eigenvalue weighted by Crippen LogP contribution is 2.24. The van der Waals surface area contributed by atoms with E-state index in [9.17, 15) is 4.79 Å². The van der Waals surface area contributed by atoms with Gasteiger partial charge in [-0.05, 0) is 61.7 Å². The van der Waals surface area contributed by atoms with Crippen LogP contribution in [0.1, 0.15) is 17.4 Å². The maximum absolute atomic E-state index is 12.3. The summed E-state index contributed by atoms with van der Waals surface area (Å²) in [6.45, 7) is 2.59. The molecule has 2 aromatic carbocycles. The van der Waals surface area contributed by atoms with E-state index in [1.807, 2.05) is 61.7 Å². The van der Waals surface area contributed by atoms with Crippen molar-refractivity contribution in [3.8, 4) is 5.75 Å². The Balaban J connectivity index is 1.61. The fraction of sp³-hybridized carbons (Fsp3) is 0.158. The third-order valence-corrected chi connectivity index (χ3v) is 5.00. The second-order valence-electron chi connectivity index (χ2n) is 5.30.